The van der Waals surface area contributed by atoms with Crippen molar-refractivity contribution in [1.82, 2.24) is 9.88 Å². The molecule has 1 aromatic heterocycles. The summed E-state index contributed by atoms with van der Waals surface area (Å²) in [4.78, 5) is 17.7. The van der Waals surface area contributed by atoms with Gasteiger partial charge >= 0.3 is 0 Å². The van der Waals surface area contributed by atoms with Crippen molar-refractivity contribution in [2.24, 2.45) is 0 Å². The molecular weight excluding hydrogens is 212 g/mol. The third-order valence-electron chi connectivity index (χ3n) is 2.23. The molecule has 3 nitrogen and oxygen atoms in total. The van der Waals surface area contributed by atoms with E-state index in [2.05, 4.69) is 4.98 Å². The van der Waals surface area contributed by atoms with Crippen LogP contribution in [0.3, 0.4) is 0 Å². The van der Waals surface area contributed by atoms with Crippen molar-refractivity contribution in [2.45, 2.75) is 26.8 Å². The second-order valence-electron chi connectivity index (χ2n) is 3.54. The Bertz CT molecular complexity index is 352. The van der Waals surface area contributed by atoms with Crippen LogP contribution in [0.15, 0.2) is 18.5 Å². The molecule has 15 heavy (non-hydrogen) atoms. The minimum atomic E-state index is -0.0418. The molecule has 0 bridgehead atoms. The lowest BCUT2D eigenvalue weighted by atomic mass is 10.2. The first-order chi connectivity index (χ1) is 7.07. The lowest BCUT2D eigenvalue weighted by Gasteiger charge is -2.25. The van der Waals surface area contributed by atoms with Gasteiger partial charge in [0, 0.05) is 25.0 Å². The highest BCUT2D eigenvalue weighted by atomic mass is 35.5. The molecule has 1 amide bonds. The van der Waals surface area contributed by atoms with Crippen molar-refractivity contribution in [3.63, 3.8) is 0 Å². The molecule has 0 saturated carbocycles. The van der Waals surface area contributed by atoms with E-state index < -0.39 is 0 Å². The number of nitrogens with zero attached hydrogens (tertiary/aromatic N) is 2. The Morgan fingerprint density at radius 3 is 2.73 bits per heavy atom. The van der Waals surface area contributed by atoms with E-state index in [1.165, 1.54) is 6.20 Å². The molecule has 4 heteroatoms. The number of hydrogen-bond acceptors (Lipinski definition) is 2. The largest absolute Gasteiger partial charge is 0.336 e. The van der Waals surface area contributed by atoms with E-state index in [0.29, 0.717) is 17.1 Å². The molecule has 1 heterocycles. The number of halogens is 1. The number of hydrogen-bond donors (Lipinski definition) is 0. The van der Waals surface area contributed by atoms with E-state index in [-0.39, 0.29) is 11.9 Å². The topological polar surface area (TPSA) is 33.2 Å². The first-order valence-electron chi connectivity index (χ1n) is 4.98. The molecule has 0 aliphatic rings. The summed E-state index contributed by atoms with van der Waals surface area (Å²) < 4.78 is 0. The summed E-state index contributed by atoms with van der Waals surface area (Å²) in [5.41, 5.74) is 0.516. The Kier molecular flexibility index (Phi) is 4.09. The second kappa shape index (κ2) is 5.12. The minimum Gasteiger partial charge on any atom is -0.336 e. The molecule has 0 aliphatic carbocycles. The van der Waals surface area contributed by atoms with Gasteiger partial charge in [0.1, 0.15) is 0 Å². The first kappa shape index (κ1) is 12.0. The van der Waals surface area contributed by atoms with Crippen LogP contribution >= 0.6 is 11.6 Å². The molecule has 0 aromatic carbocycles. The first-order valence-corrected chi connectivity index (χ1v) is 5.36. The zero-order valence-electron chi connectivity index (χ0n) is 9.20. The van der Waals surface area contributed by atoms with Gasteiger partial charge in [-0.05, 0) is 26.8 Å². The van der Waals surface area contributed by atoms with Crippen LogP contribution < -0.4 is 0 Å². The number of rotatable bonds is 3. The number of aromatic nitrogens is 1. The highest BCUT2D eigenvalue weighted by Crippen LogP contribution is 2.16. The maximum Gasteiger partial charge on any atom is 0.255 e. The third-order valence-corrected chi connectivity index (χ3v) is 2.53. The number of amides is 1. The van der Waals surface area contributed by atoms with Gasteiger partial charge in [0.25, 0.3) is 5.91 Å². The van der Waals surface area contributed by atoms with Crippen LogP contribution in [0.25, 0.3) is 0 Å². The van der Waals surface area contributed by atoms with E-state index in [1.807, 2.05) is 20.8 Å². The van der Waals surface area contributed by atoms with Crippen LogP contribution in [-0.2, 0) is 0 Å². The molecular formula is C11H15ClN2O. The summed E-state index contributed by atoms with van der Waals surface area (Å²) in [6, 6.07) is 1.82. The normalized spacial score (nSPS) is 10.5. The quantitative estimate of drug-likeness (QED) is 0.794. The number of carbonyl (C=O) groups is 1. The van der Waals surface area contributed by atoms with Crippen LogP contribution in [0.5, 0.6) is 0 Å². The molecule has 0 N–H and O–H groups in total. The smallest absolute Gasteiger partial charge is 0.255 e. The molecule has 0 radical (unpaired) electrons. The SMILES string of the molecule is CCN(C(=O)c1ccncc1Cl)C(C)C. The maximum absolute atomic E-state index is 12.1. The van der Waals surface area contributed by atoms with Gasteiger partial charge in [0.05, 0.1) is 10.6 Å². The van der Waals surface area contributed by atoms with Gasteiger partial charge in [-0.25, -0.2) is 0 Å². The molecule has 0 unspecified atom stereocenters. The van der Waals surface area contributed by atoms with Crippen molar-refractivity contribution in [1.29, 1.82) is 0 Å². The van der Waals surface area contributed by atoms with Crippen LogP contribution in [0.2, 0.25) is 5.02 Å². The lowest BCUT2D eigenvalue weighted by molar-refractivity contribution is 0.0717. The molecule has 1 rings (SSSR count). The van der Waals surface area contributed by atoms with Crippen molar-refractivity contribution >= 4 is 17.5 Å². The predicted molar refractivity (Wildman–Crippen MR) is 61.1 cm³/mol. The summed E-state index contributed by atoms with van der Waals surface area (Å²) in [5.74, 6) is -0.0418. The van der Waals surface area contributed by atoms with Crippen molar-refractivity contribution in [3.05, 3.63) is 29.0 Å². The van der Waals surface area contributed by atoms with Crippen LogP contribution in [0.4, 0.5) is 0 Å². The van der Waals surface area contributed by atoms with Gasteiger partial charge in [0.15, 0.2) is 0 Å². The molecule has 1 aromatic rings. The van der Waals surface area contributed by atoms with Crippen molar-refractivity contribution in [3.8, 4) is 0 Å². The molecule has 0 aliphatic heterocycles. The van der Waals surface area contributed by atoms with Crippen LogP contribution in [-0.4, -0.2) is 28.4 Å². The molecule has 82 valence electrons. The monoisotopic (exact) mass is 226 g/mol. The highest BCUT2D eigenvalue weighted by molar-refractivity contribution is 6.33. The maximum atomic E-state index is 12.1. The molecule has 0 atom stereocenters. The summed E-state index contributed by atoms with van der Waals surface area (Å²) in [6.07, 6.45) is 3.07. The standard InChI is InChI=1S/C11H15ClN2O/c1-4-14(8(2)3)11(15)9-5-6-13-7-10(9)12/h5-8H,4H2,1-3H3. The van der Waals surface area contributed by atoms with Gasteiger partial charge in [-0.2, -0.15) is 0 Å². The minimum absolute atomic E-state index is 0.0418. The average Bonchev–Trinajstić information content (AvgIpc) is 2.18. The van der Waals surface area contributed by atoms with Crippen LogP contribution in [0.1, 0.15) is 31.1 Å². The Hall–Kier alpha value is -1.09. The zero-order valence-corrected chi connectivity index (χ0v) is 9.95. The Morgan fingerprint density at radius 2 is 2.27 bits per heavy atom. The fourth-order valence-corrected chi connectivity index (χ4v) is 1.65. The lowest BCUT2D eigenvalue weighted by Crippen LogP contribution is -2.36. The predicted octanol–water partition coefficient (Wildman–Crippen LogP) is 2.61. The zero-order chi connectivity index (χ0) is 11.4. The second-order valence-corrected chi connectivity index (χ2v) is 3.95. The van der Waals surface area contributed by atoms with Crippen molar-refractivity contribution in [2.75, 3.05) is 6.54 Å². The van der Waals surface area contributed by atoms with Crippen LogP contribution in [0, 0.1) is 0 Å². The number of pyridine rings is 1. The van der Waals surface area contributed by atoms with E-state index >= 15 is 0 Å². The van der Waals surface area contributed by atoms with E-state index in [4.69, 9.17) is 11.6 Å². The Balaban J connectivity index is 2.98. The Morgan fingerprint density at radius 1 is 1.60 bits per heavy atom. The summed E-state index contributed by atoms with van der Waals surface area (Å²) >= 11 is 5.91. The van der Waals surface area contributed by atoms with Gasteiger partial charge in [-0.15, -0.1) is 0 Å². The fourth-order valence-electron chi connectivity index (χ4n) is 1.45. The highest BCUT2D eigenvalue weighted by Gasteiger charge is 2.18. The van der Waals surface area contributed by atoms with Gasteiger partial charge in [0.2, 0.25) is 0 Å². The average molecular weight is 227 g/mol. The molecule has 0 fully saturated rings. The summed E-state index contributed by atoms with van der Waals surface area (Å²) in [6.45, 7) is 6.59. The molecule has 0 spiro atoms. The van der Waals surface area contributed by atoms with Gasteiger partial charge < -0.3 is 4.90 Å². The van der Waals surface area contributed by atoms with Gasteiger partial charge in [-0.1, -0.05) is 11.6 Å². The molecule has 0 saturated heterocycles. The summed E-state index contributed by atoms with van der Waals surface area (Å²) in [7, 11) is 0. The van der Waals surface area contributed by atoms with E-state index in [1.54, 1.807) is 17.2 Å². The summed E-state index contributed by atoms with van der Waals surface area (Å²) in [5, 5.41) is 0.404. The fraction of sp³-hybridized carbons (Fsp3) is 0.455. The van der Waals surface area contributed by atoms with E-state index in [9.17, 15) is 4.79 Å². The van der Waals surface area contributed by atoms with E-state index in [0.717, 1.165) is 0 Å². The van der Waals surface area contributed by atoms with Gasteiger partial charge in [-0.3, -0.25) is 9.78 Å². The Labute approximate surface area is 95.1 Å². The van der Waals surface area contributed by atoms with Crippen molar-refractivity contribution < 1.29 is 4.79 Å². The number of carbonyl (C=O) groups excluding carboxylic acids is 1. The third kappa shape index (κ3) is 2.69.